The van der Waals surface area contributed by atoms with Gasteiger partial charge in [0.2, 0.25) is 5.91 Å². The number of carbonyl (C=O) groups excluding carboxylic acids is 2. The van der Waals surface area contributed by atoms with E-state index in [1.807, 2.05) is 35.7 Å². The third-order valence-corrected chi connectivity index (χ3v) is 7.29. The molecule has 3 N–H and O–H groups in total. The number of carbonyl (C=O) groups is 2. The molecule has 0 saturated carbocycles. The van der Waals surface area contributed by atoms with Crippen molar-refractivity contribution in [3.8, 4) is 10.4 Å². The Morgan fingerprint density at radius 1 is 1.27 bits per heavy atom. The molecular formula is C25H22N8O3S. The normalized spacial score (nSPS) is 15.8. The zero-order valence-electron chi connectivity index (χ0n) is 19.6. The number of thiophene rings is 1. The molecule has 5 heterocycles. The van der Waals surface area contributed by atoms with Crippen LogP contribution < -0.4 is 11.1 Å². The van der Waals surface area contributed by atoms with Crippen LogP contribution in [0.2, 0.25) is 0 Å². The number of fused-ring (bicyclic) bond motifs is 2. The number of likely N-dealkylation sites (tertiary alicyclic amines) is 1. The zero-order chi connectivity index (χ0) is 25.5. The summed E-state index contributed by atoms with van der Waals surface area (Å²) in [5.41, 5.74) is 8.81. The number of nitrogen functional groups attached to an aromatic ring is 1. The summed E-state index contributed by atoms with van der Waals surface area (Å²) in [6.45, 7) is 4.63. The molecule has 1 aliphatic heterocycles. The maximum Gasteiger partial charge on any atom is 0.302 e. The molecule has 0 aliphatic carbocycles. The first kappa shape index (κ1) is 22.9. The summed E-state index contributed by atoms with van der Waals surface area (Å²) in [4.78, 5) is 41.2. The van der Waals surface area contributed by atoms with Crippen LogP contribution in [0.5, 0.6) is 0 Å². The number of nitrogens with two attached hydrogens (primary N) is 1. The van der Waals surface area contributed by atoms with E-state index in [1.54, 1.807) is 20.9 Å². The second-order valence-corrected chi connectivity index (χ2v) is 9.62. The van der Waals surface area contributed by atoms with Crippen molar-refractivity contribution in [2.45, 2.75) is 18.9 Å². The van der Waals surface area contributed by atoms with Crippen LogP contribution in [-0.4, -0.2) is 54.5 Å². The fraction of sp³-hybridized carbons (Fsp3) is 0.200. The van der Waals surface area contributed by atoms with Crippen molar-refractivity contribution in [2.75, 3.05) is 24.1 Å². The van der Waals surface area contributed by atoms with E-state index in [0.717, 1.165) is 23.3 Å². The number of anilines is 2. The van der Waals surface area contributed by atoms with Crippen molar-refractivity contribution < 1.29 is 14.0 Å². The summed E-state index contributed by atoms with van der Waals surface area (Å²) in [5.74, 6) is -0.564. The van der Waals surface area contributed by atoms with Crippen molar-refractivity contribution in [1.82, 2.24) is 29.6 Å². The van der Waals surface area contributed by atoms with E-state index in [0.29, 0.717) is 35.2 Å². The molecule has 1 saturated heterocycles. The predicted molar refractivity (Wildman–Crippen MR) is 140 cm³/mol. The van der Waals surface area contributed by atoms with E-state index in [4.69, 9.17) is 10.2 Å². The van der Waals surface area contributed by atoms with E-state index in [1.165, 1.54) is 12.4 Å². The van der Waals surface area contributed by atoms with Crippen LogP contribution in [-0.2, 0) is 4.79 Å². The van der Waals surface area contributed by atoms with Gasteiger partial charge in [0.05, 0.1) is 11.4 Å². The first-order valence-corrected chi connectivity index (χ1v) is 12.6. The molecule has 11 nitrogen and oxygen atoms in total. The molecule has 4 aromatic heterocycles. The molecule has 1 unspecified atom stereocenters. The number of nitrogens with zero attached hydrogens (tertiary/aromatic N) is 6. The number of piperidine rings is 1. The predicted octanol–water partition coefficient (Wildman–Crippen LogP) is 3.88. The van der Waals surface area contributed by atoms with Crippen LogP contribution in [0.4, 0.5) is 11.8 Å². The van der Waals surface area contributed by atoms with Gasteiger partial charge in [0.1, 0.15) is 17.7 Å². The molecule has 1 atom stereocenters. The highest BCUT2D eigenvalue weighted by Crippen LogP contribution is 2.31. The van der Waals surface area contributed by atoms with Gasteiger partial charge >= 0.3 is 6.01 Å². The minimum Gasteiger partial charge on any atom is -0.423 e. The van der Waals surface area contributed by atoms with Crippen molar-refractivity contribution in [3.05, 3.63) is 60.4 Å². The van der Waals surface area contributed by atoms with Gasteiger partial charge in [-0.25, -0.2) is 14.6 Å². The molecule has 0 bridgehead atoms. The molecule has 1 aromatic carbocycles. The minimum atomic E-state index is -0.551. The van der Waals surface area contributed by atoms with Gasteiger partial charge in [-0.2, -0.15) is 10.1 Å². The third kappa shape index (κ3) is 4.10. The Kier molecular flexibility index (Phi) is 5.64. The second kappa shape index (κ2) is 9.13. The van der Waals surface area contributed by atoms with Gasteiger partial charge in [-0.1, -0.05) is 12.6 Å². The summed E-state index contributed by atoms with van der Waals surface area (Å²) >= 11 is 1.63. The third-order valence-electron chi connectivity index (χ3n) is 6.38. The van der Waals surface area contributed by atoms with Crippen LogP contribution in [0.3, 0.4) is 0 Å². The molecule has 37 heavy (non-hydrogen) atoms. The lowest BCUT2D eigenvalue weighted by Crippen LogP contribution is -2.40. The Bertz CT molecular complexity index is 1660. The average Bonchev–Trinajstić information content (AvgIpc) is 3.66. The van der Waals surface area contributed by atoms with Crippen molar-refractivity contribution in [1.29, 1.82) is 0 Å². The molecule has 5 aromatic rings. The Hall–Kier alpha value is -4.58. The van der Waals surface area contributed by atoms with Gasteiger partial charge in [-0.3, -0.25) is 14.9 Å². The number of oxazole rings is 1. The average molecular weight is 515 g/mol. The molecule has 0 spiro atoms. The maximum absolute atomic E-state index is 13.4. The number of nitrogens with one attached hydrogen (secondary N) is 1. The molecule has 0 radical (unpaired) electrons. The summed E-state index contributed by atoms with van der Waals surface area (Å²) < 4.78 is 7.42. The van der Waals surface area contributed by atoms with Gasteiger partial charge in [0.25, 0.3) is 5.91 Å². The lowest BCUT2D eigenvalue weighted by Gasteiger charge is -2.32. The highest BCUT2D eigenvalue weighted by Gasteiger charge is 2.29. The SMILES string of the molecule is C=CC(=O)N1CCCC(n2nc(C(=O)Nc3nc4cc(-c5cccs5)ccc4o3)c3c(N)ncnc32)C1. The monoisotopic (exact) mass is 514 g/mol. The number of hydrogen-bond donors (Lipinski definition) is 2. The molecule has 12 heteroatoms. The maximum atomic E-state index is 13.4. The van der Waals surface area contributed by atoms with Crippen molar-refractivity contribution in [2.24, 2.45) is 0 Å². The molecule has 1 aliphatic rings. The number of hydrogen-bond acceptors (Lipinski definition) is 9. The van der Waals surface area contributed by atoms with Crippen molar-refractivity contribution >= 4 is 57.1 Å². The lowest BCUT2D eigenvalue weighted by molar-refractivity contribution is -0.127. The van der Waals surface area contributed by atoms with E-state index in [9.17, 15) is 9.59 Å². The van der Waals surface area contributed by atoms with Crippen LogP contribution in [0.15, 0.2) is 59.1 Å². The van der Waals surface area contributed by atoms with E-state index < -0.39 is 5.91 Å². The quantitative estimate of drug-likeness (QED) is 0.336. The summed E-state index contributed by atoms with van der Waals surface area (Å²) in [5, 5.41) is 9.62. The number of rotatable bonds is 5. The number of benzene rings is 1. The topological polar surface area (TPSA) is 145 Å². The molecule has 186 valence electrons. The van der Waals surface area contributed by atoms with Gasteiger partial charge in [-0.05, 0) is 54.1 Å². The van der Waals surface area contributed by atoms with Gasteiger partial charge in [0, 0.05) is 18.0 Å². The van der Waals surface area contributed by atoms with Gasteiger partial charge in [0.15, 0.2) is 16.9 Å². The van der Waals surface area contributed by atoms with E-state index >= 15 is 0 Å². The van der Waals surface area contributed by atoms with Crippen LogP contribution in [0.25, 0.3) is 32.6 Å². The summed E-state index contributed by atoms with van der Waals surface area (Å²) in [7, 11) is 0. The minimum absolute atomic E-state index is 0.0434. The van der Waals surface area contributed by atoms with Crippen LogP contribution >= 0.6 is 11.3 Å². The van der Waals surface area contributed by atoms with Gasteiger partial charge in [-0.15, -0.1) is 11.3 Å². The highest BCUT2D eigenvalue weighted by molar-refractivity contribution is 7.13. The number of aromatic nitrogens is 5. The Balaban J connectivity index is 1.32. The standard InChI is InChI=1S/C25H22N8O3S/c1-2-19(34)32-9-3-5-15(12-32)33-23-20(22(26)27-13-28-23)21(31-33)24(35)30-25-29-16-11-14(7-8-17(16)36-25)18-6-4-10-37-18/h2,4,6-8,10-11,13,15H,1,3,5,9,12H2,(H2,26,27,28)(H,29,30,35). The Labute approximate surface area is 214 Å². The van der Waals surface area contributed by atoms with Crippen LogP contribution in [0.1, 0.15) is 29.4 Å². The zero-order valence-corrected chi connectivity index (χ0v) is 20.4. The highest BCUT2D eigenvalue weighted by atomic mass is 32.1. The Morgan fingerprint density at radius 2 is 2.16 bits per heavy atom. The second-order valence-electron chi connectivity index (χ2n) is 8.67. The van der Waals surface area contributed by atoms with E-state index in [-0.39, 0.29) is 29.5 Å². The molecule has 2 amide bonds. The Morgan fingerprint density at radius 3 is 2.97 bits per heavy atom. The smallest absolute Gasteiger partial charge is 0.302 e. The molecule has 1 fully saturated rings. The lowest BCUT2D eigenvalue weighted by atomic mass is 10.1. The summed E-state index contributed by atoms with van der Waals surface area (Å²) in [6, 6.07) is 9.56. The number of amides is 2. The molecular weight excluding hydrogens is 492 g/mol. The van der Waals surface area contributed by atoms with Crippen LogP contribution in [0, 0.1) is 0 Å². The fourth-order valence-corrected chi connectivity index (χ4v) is 5.35. The van der Waals surface area contributed by atoms with Crippen molar-refractivity contribution in [3.63, 3.8) is 0 Å². The van der Waals surface area contributed by atoms with Gasteiger partial charge < -0.3 is 15.1 Å². The first-order valence-electron chi connectivity index (χ1n) is 11.7. The van der Waals surface area contributed by atoms with E-state index in [2.05, 4.69) is 31.9 Å². The first-order chi connectivity index (χ1) is 18.0. The summed E-state index contributed by atoms with van der Waals surface area (Å²) in [6.07, 6.45) is 4.18. The molecule has 6 rings (SSSR count). The largest absolute Gasteiger partial charge is 0.423 e. The fourth-order valence-electron chi connectivity index (χ4n) is 4.63.